The molecule has 0 saturated carbocycles. The van der Waals surface area contributed by atoms with E-state index in [1.165, 1.54) is 13.3 Å². The number of aromatic amines is 1. The second-order valence-corrected chi connectivity index (χ2v) is 4.09. The van der Waals surface area contributed by atoms with Crippen molar-refractivity contribution in [3.8, 4) is 0 Å². The van der Waals surface area contributed by atoms with Gasteiger partial charge in [-0.25, -0.2) is 4.79 Å². The second kappa shape index (κ2) is 6.46. The van der Waals surface area contributed by atoms with Crippen molar-refractivity contribution in [1.82, 2.24) is 20.7 Å². The minimum absolute atomic E-state index is 0.118. The van der Waals surface area contributed by atoms with Crippen LogP contribution in [-0.4, -0.2) is 40.4 Å². The Morgan fingerprint density at radius 3 is 2.70 bits per heavy atom. The van der Waals surface area contributed by atoms with E-state index < -0.39 is 17.9 Å². The lowest BCUT2D eigenvalue weighted by molar-refractivity contribution is -0.142. The first-order valence-corrected chi connectivity index (χ1v) is 5.99. The molecule has 0 aliphatic rings. The summed E-state index contributed by atoms with van der Waals surface area (Å²) in [6.07, 6.45) is 1.63. The predicted molar refractivity (Wildman–Crippen MR) is 69.8 cm³/mol. The summed E-state index contributed by atoms with van der Waals surface area (Å²) in [7, 11) is 1.28. The SMILES string of the molecule is COC(=O)C(Cc1ccccc1)NC(=O)c1cn[nH]n1. The number of carbonyl (C=O) groups is 2. The monoisotopic (exact) mass is 274 g/mol. The molecule has 2 N–H and O–H groups in total. The first-order valence-electron chi connectivity index (χ1n) is 5.99. The van der Waals surface area contributed by atoms with Crippen molar-refractivity contribution < 1.29 is 14.3 Å². The highest BCUT2D eigenvalue weighted by molar-refractivity contribution is 5.94. The maximum absolute atomic E-state index is 11.9. The fourth-order valence-electron chi connectivity index (χ4n) is 1.73. The lowest BCUT2D eigenvalue weighted by Crippen LogP contribution is -2.43. The van der Waals surface area contributed by atoms with E-state index in [1.54, 1.807) is 0 Å². The zero-order chi connectivity index (χ0) is 14.4. The van der Waals surface area contributed by atoms with Crippen LogP contribution in [0.4, 0.5) is 0 Å². The molecule has 1 amide bonds. The molecule has 1 aromatic carbocycles. The highest BCUT2D eigenvalue weighted by atomic mass is 16.5. The van der Waals surface area contributed by atoms with Crippen LogP contribution in [0.5, 0.6) is 0 Å². The molecule has 2 aromatic rings. The highest BCUT2D eigenvalue weighted by Crippen LogP contribution is 2.05. The number of nitrogens with one attached hydrogen (secondary N) is 2. The summed E-state index contributed by atoms with van der Waals surface area (Å²) in [6, 6.07) is 8.58. The second-order valence-electron chi connectivity index (χ2n) is 4.09. The number of aromatic nitrogens is 3. The molecule has 1 aromatic heterocycles. The normalized spacial score (nSPS) is 11.7. The van der Waals surface area contributed by atoms with E-state index in [1.807, 2.05) is 30.3 Å². The first-order chi connectivity index (χ1) is 9.70. The Kier molecular flexibility index (Phi) is 4.43. The summed E-state index contributed by atoms with van der Waals surface area (Å²) in [4.78, 5) is 23.6. The number of amides is 1. The van der Waals surface area contributed by atoms with Gasteiger partial charge in [-0.2, -0.15) is 15.4 Å². The zero-order valence-electron chi connectivity index (χ0n) is 10.9. The van der Waals surface area contributed by atoms with Crippen LogP contribution in [-0.2, 0) is 16.0 Å². The number of esters is 1. The molecular weight excluding hydrogens is 260 g/mol. The fraction of sp³-hybridized carbons (Fsp3) is 0.231. The maximum Gasteiger partial charge on any atom is 0.328 e. The molecule has 7 heteroatoms. The van der Waals surface area contributed by atoms with Gasteiger partial charge in [0.05, 0.1) is 13.3 Å². The molecular formula is C13H14N4O3. The summed E-state index contributed by atoms with van der Waals surface area (Å²) in [5.41, 5.74) is 1.04. The Labute approximate surface area is 115 Å². The predicted octanol–water partition coefficient (Wildman–Crippen LogP) is 0.319. The maximum atomic E-state index is 11.9. The molecule has 0 aliphatic heterocycles. The molecule has 2 rings (SSSR count). The summed E-state index contributed by atoms with van der Waals surface area (Å²) in [5, 5.41) is 12.1. The molecule has 7 nitrogen and oxygen atoms in total. The Morgan fingerprint density at radius 2 is 2.10 bits per heavy atom. The van der Waals surface area contributed by atoms with Gasteiger partial charge < -0.3 is 10.1 Å². The van der Waals surface area contributed by atoms with E-state index >= 15 is 0 Å². The minimum atomic E-state index is -0.772. The molecule has 0 spiro atoms. The number of hydrogen-bond acceptors (Lipinski definition) is 5. The number of nitrogens with zero attached hydrogens (tertiary/aromatic N) is 2. The third-order valence-electron chi connectivity index (χ3n) is 2.72. The molecule has 0 aliphatic carbocycles. The summed E-state index contributed by atoms with van der Waals surface area (Å²) >= 11 is 0. The van der Waals surface area contributed by atoms with Crippen molar-refractivity contribution in [1.29, 1.82) is 0 Å². The van der Waals surface area contributed by atoms with Gasteiger partial charge in [0.25, 0.3) is 5.91 Å². The van der Waals surface area contributed by atoms with Crippen LogP contribution in [0.3, 0.4) is 0 Å². The standard InChI is InChI=1S/C13H14N4O3/c1-20-13(19)10(7-9-5-3-2-4-6-9)15-12(18)11-8-14-17-16-11/h2-6,8,10H,7H2,1H3,(H,15,18)(H,14,16,17). The van der Waals surface area contributed by atoms with Crippen LogP contribution >= 0.6 is 0 Å². The molecule has 1 heterocycles. The Hall–Kier alpha value is -2.70. The summed E-state index contributed by atoms with van der Waals surface area (Å²) in [5.74, 6) is -0.990. The number of carbonyl (C=O) groups excluding carboxylic acids is 2. The van der Waals surface area contributed by atoms with Crippen molar-refractivity contribution >= 4 is 11.9 Å². The van der Waals surface area contributed by atoms with Crippen LogP contribution in [0.2, 0.25) is 0 Å². The van der Waals surface area contributed by atoms with Gasteiger partial charge in [0.2, 0.25) is 0 Å². The summed E-state index contributed by atoms with van der Waals surface area (Å²) < 4.78 is 4.71. The quantitative estimate of drug-likeness (QED) is 0.765. The largest absolute Gasteiger partial charge is 0.467 e. The van der Waals surface area contributed by atoms with Crippen molar-refractivity contribution in [2.75, 3.05) is 7.11 Å². The number of H-pyrrole nitrogens is 1. The minimum Gasteiger partial charge on any atom is -0.467 e. The van der Waals surface area contributed by atoms with Crippen LogP contribution in [0, 0.1) is 0 Å². The molecule has 20 heavy (non-hydrogen) atoms. The average molecular weight is 274 g/mol. The van der Waals surface area contributed by atoms with Gasteiger partial charge in [0.1, 0.15) is 6.04 Å². The van der Waals surface area contributed by atoms with E-state index in [0.29, 0.717) is 6.42 Å². The zero-order valence-corrected chi connectivity index (χ0v) is 10.9. The number of rotatable bonds is 5. The Balaban J connectivity index is 2.08. The van der Waals surface area contributed by atoms with Crippen molar-refractivity contribution in [2.24, 2.45) is 0 Å². The van der Waals surface area contributed by atoms with Crippen LogP contribution in [0.1, 0.15) is 16.1 Å². The third-order valence-corrected chi connectivity index (χ3v) is 2.72. The fourth-order valence-corrected chi connectivity index (χ4v) is 1.73. The van der Waals surface area contributed by atoms with Gasteiger partial charge >= 0.3 is 5.97 Å². The number of benzene rings is 1. The van der Waals surface area contributed by atoms with Gasteiger partial charge in [-0.3, -0.25) is 4.79 Å². The molecule has 104 valence electrons. The van der Waals surface area contributed by atoms with Gasteiger partial charge in [0, 0.05) is 6.42 Å². The molecule has 0 radical (unpaired) electrons. The summed E-state index contributed by atoms with van der Waals surface area (Å²) in [6.45, 7) is 0. The van der Waals surface area contributed by atoms with Gasteiger partial charge in [-0.05, 0) is 5.56 Å². The van der Waals surface area contributed by atoms with Crippen LogP contribution in [0.15, 0.2) is 36.5 Å². The van der Waals surface area contributed by atoms with Crippen molar-refractivity contribution in [3.63, 3.8) is 0 Å². The van der Waals surface area contributed by atoms with Crippen LogP contribution < -0.4 is 5.32 Å². The highest BCUT2D eigenvalue weighted by Gasteiger charge is 2.23. The number of hydrogen-bond donors (Lipinski definition) is 2. The van der Waals surface area contributed by atoms with Crippen molar-refractivity contribution in [2.45, 2.75) is 12.5 Å². The number of methoxy groups -OCH3 is 1. The van der Waals surface area contributed by atoms with Crippen molar-refractivity contribution in [3.05, 3.63) is 47.8 Å². The molecule has 0 bridgehead atoms. The van der Waals surface area contributed by atoms with Gasteiger partial charge in [-0.1, -0.05) is 30.3 Å². The average Bonchev–Trinajstić information content (AvgIpc) is 3.01. The van der Waals surface area contributed by atoms with Gasteiger partial charge in [-0.15, -0.1) is 0 Å². The smallest absolute Gasteiger partial charge is 0.328 e. The van der Waals surface area contributed by atoms with Gasteiger partial charge in [0.15, 0.2) is 5.69 Å². The van der Waals surface area contributed by atoms with E-state index in [-0.39, 0.29) is 5.69 Å². The van der Waals surface area contributed by atoms with E-state index in [9.17, 15) is 9.59 Å². The molecule has 0 saturated heterocycles. The third kappa shape index (κ3) is 3.41. The molecule has 0 fully saturated rings. The van der Waals surface area contributed by atoms with E-state index in [4.69, 9.17) is 4.74 Å². The first kappa shape index (κ1) is 13.7. The lowest BCUT2D eigenvalue weighted by Gasteiger charge is -2.15. The number of ether oxygens (including phenoxy) is 1. The molecule has 1 atom stereocenters. The Bertz CT molecular complexity index is 569. The molecule has 1 unspecified atom stereocenters. The lowest BCUT2D eigenvalue weighted by atomic mass is 10.1. The van der Waals surface area contributed by atoms with Crippen LogP contribution in [0.25, 0.3) is 0 Å². The van der Waals surface area contributed by atoms with E-state index in [0.717, 1.165) is 5.56 Å². The topological polar surface area (TPSA) is 97.0 Å². The Morgan fingerprint density at radius 1 is 1.35 bits per heavy atom. The van der Waals surface area contributed by atoms with E-state index in [2.05, 4.69) is 20.7 Å².